The van der Waals surface area contributed by atoms with Crippen molar-refractivity contribution in [3.63, 3.8) is 0 Å². The number of thiophene rings is 1. The van der Waals surface area contributed by atoms with Crippen LogP contribution in [0, 0.1) is 13.8 Å². The Morgan fingerprint density at radius 2 is 1.74 bits per heavy atom. The molecule has 0 aliphatic heterocycles. The van der Waals surface area contributed by atoms with E-state index in [4.69, 9.17) is 14.2 Å². The lowest BCUT2D eigenvalue weighted by atomic mass is 10.1. The number of esters is 1. The highest BCUT2D eigenvalue weighted by molar-refractivity contribution is 7.16. The van der Waals surface area contributed by atoms with Gasteiger partial charge in [-0.3, -0.25) is 4.79 Å². The van der Waals surface area contributed by atoms with Crippen molar-refractivity contribution in [3.8, 4) is 11.5 Å². The minimum absolute atomic E-state index is 0.277. The quantitative estimate of drug-likeness (QED) is 0.678. The standard InChI is InChI=1S/C20H25NO5S/c1-6-16(26-15-10-8-14(24-5)9-11-15)18(22)21-19-17(20(23)25-7-2)12(3)13(4)27-19/h8-11,16H,6-7H2,1-5H3,(H,21,22). The minimum atomic E-state index is -0.684. The summed E-state index contributed by atoms with van der Waals surface area (Å²) in [6.45, 7) is 7.65. The molecule has 0 aliphatic rings. The molecule has 1 aromatic carbocycles. The lowest BCUT2D eigenvalue weighted by Gasteiger charge is -2.17. The van der Waals surface area contributed by atoms with Gasteiger partial charge in [-0.15, -0.1) is 11.3 Å². The zero-order chi connectivity index (χ0) is 20.0. The molecule has 0 radical (unpaired) electrons. The van der Waals surface area contributed by atoms with Crippen LogP contribution in [0.5, 0.6) is 11.5 Å². The second-order valence-electron chi connectivity index (χ2n) is 5.89. The van der Waals surface area contributed by atoms with Crippen molar-refractivity contribution < 1.29 is 23.8 Å². The molecule has 0 aliphatic carbocycles. The molecular formula is C20H25NO5S. The van der Waals surface area contributed by atoms with E-state index in [1.165, 1.54) is 11.3 Å². The Morgan fingerprint density at radius 1 is 1.11 bits per heavy atom. The van der Waals surface area contributed by atoms with Crippen molar-refractivity contribution in [3.05, 3.63) is 40.3 Å². The topological polar surface area (TPSA) is 73.9 Å². The predicted molar refractivity (Wildman–Crippen MR) is 106 cm³/mol. The van der Waals surface area contributed by atoms with E-state index in [2.05, 4.69) is 5.32 Å². The van der Waals surface area contributed by atoms with Gasteiger partial charge >= 0.3 is 5.97 Å². The largest absolute Gasteiger partial charge is 0.497 e. The summed E-state index contributed by atoms with van der Waals surface area (Å²) in [6, 6.07) is 7.03. The first-order chi connectivity index (χ1) is 12.9. The SMILES string of the molecule is CCOC(=O)c1c(NC(=O)C(CC)Oc2ccc(OC)cc2)sc(C)c1C. The van der Waals surface area contributed by atoms with Crippen LogP contribution in [0.1, 0.15) is 41.1 Å². The van der Waals surface area contributed by atoms with E-state index in [1.807, 2.05) is 20.8 Å². The van der Waals surface area contributed by atoms with Gasteiger partial charge in [0.05, 0.1) is 19.3 Å². The molecule has 1 amide bonds. The molecule has 0 fully saturated rings. The Morgan fingerprint density at radius 3 is 2.30 bits per heavy atom. The van der Waals surface area contributed by atoms with Crippen molar-refractivity contribution in [2.24, 2.45) is 0 Å². The van der Waals surface area contributed by atoms with Crippen LogP contribution in [0.2, 0.25) is 0 Å². The number of hydrogen-bond acceptors (Lipinski definition) is 6. The molecule has 2 rings (SSSR count). The van der Waals surface area contributed by atoms with Crippen molar-refractivity contribution in [1.82, 2.24) is 0 Å². The fourth-order valence-corrected chi connectivity index (χ4v) is 3.55. The Labute approximate surface area is 163 Å². The molecule has 0 saturated carbocycles. The third kappa shape index (κ3) is 5.01. The number of methoxy groups -OCH3 is 1. The van der Waals surface area contributed by atoms with Gasteiger partial charge < -0.3 is 19.5 Å². The van der Waals surface area contributed by atoms with Crippen LogP contribution < -0.4 is 14.8 Å². The normalized spacial score (nSPS) is 11.6. The summed E-state index contributed by atoms with van der Waals surface area (Å²) in [5.41, 5.74) is 1.23. The van der Waals surface area contributed by atoms with Gasteiger partial charge in [0.1, 0.15) is 16.5 Å². The number of hydrogen-bond donors (Lipinski definition) is 1. The van der Waals surface area contributed by atoms with Gasteiger partial charge in [-0.25, -0.2) is 4.79 Å². The van der Waals surface area contributed by atoms with Crippen molar-refractivity contribution in [1.29, 1.82) is 0 Å². The first-order valence-electron chi connectivity index (χ1n) is 8.79. The average Bonchev–Trinajstić information content (AvgIpc) is 2.93. The van der Waals surface area contributed by atoms with Gasteiger partial charge in [0, 0.05) is 4.88 Å². The zero-order valence-electron chi connectivity index (χ0n) is 16.3. The summed E-state index contributed by atoms with van der Waals surface area (Å²) < 4.78 is 16.0. The number of amides is 1. The Bertz CT molecular complexity index is 797. The monoisotopic (exact) mass is 391 g/mol. The van der Waals surface area contributed by atoms with Gasteiger partial charge in [-0.1, -0.05) is 6.92 Å². The number of ether oxygens (including phenoxy) is 3. The fraction of sp³-hybridized carbons (Fsp3) is 0.400. The van der Waals surface area contributed by atoms with Crippen LogP contribution in [0.25, 0.3) is 0 Å². The van der Waals surface area contributed by atoms with Crippen molar-refractivity contribution in [2.45, 2.75) is 40.2 Å². The zero-order valence-corrected chi connectivity index (χ0v) is 17.1. The van der Waals surface area contributed by atoms with Gasteiger partial charge in [0.25, 0.3) is 5.91 Å². The Balaban J connectivity index is 2.16. The molecule has 1 unspecified atom stereocenters. The van der Waals surface area contributed by atoms with Crippen LogP contribution in [0.4, 0.5) is 5.00 Å². The molecule has 2 aromatic rings. The van der Waals surface area contributed by atoms with E-state index in [1.54, 1.807) is 38.3 Å². The van der Waals surface area contributed by atoms with E-state index >= 15 is 0 Å². The third-order valence-corrected chi connectivity index (χ3v) is 5.23. The summed E-state index contributed by atoms with van der Waals surface area (Å²) in [5, 5.41) is 3.33. The lowest BCUT2D eigenvalue weighted by molar-refractivity contribution is -0.122. The highest BCUT2D eigenvalue weighted by Crippen LogP contribution is 2.33. The summed E-state index contributed by atoms with van der Waals surface area (Å²) in [7, 11) is 1.59. The Hall–Kier alpha value is -2.54. The molecule has 7 heteroatoms. The fourth-order valence-electron chi connectivity index (χ4n) is 2.50. The van der Waals surface area contributed by atoms with Gasteiger partial charge in [-0.2, -0.15) is 0 Å². The molecule has 1 atom stereocenters. The lowest BCUT2D eigenvalue weighted by Crippen LogP contribution is -2.32. The van der Waals surface area contributed by atoms with Gasteiger partial charge in [-0.05, 0) is 57.0 Å². The molecule has 1 heterocycles. The van der Waals surface area contributed by atoms with Crippen molar-refractivity contribution >= 4 is 28.2 Å². The van der Waals surface area contributed by atoms with Crippen LogP contribution in [-0.4, -0.2) is 31.7 Å². The van der Waals surface area contributed by atoms with Crippen LogP contribution in [-0.2, 0) is 9.53 Å². The highest BCUT2D eigenvalue weighted by atomic mass is 32.1. The maximum Gasteiger partial charge on any atom is 0.341 e. The van der Waals surface area contributed by atoms with E-state index in [0.717, 1.165) is 10.4 Å². The third-order valence-electron chi connectivity index (χ3n) is 4.10. The second kappa shape index (κ2) is 9.41. The number of rotatable bonds is 8. The maximum atomic E-state index is 12.7. The summed E-state index contributed by atoms with van der Waals surface area (Å²) in [4.78, 5) is 25.9. The predicted octanol–water partition coefficient (Wildman–Crippen LogP) is 4.35. The second-order valence-corrected chi connectivity index (χ2v) is 7.11. The minimum Gasteiger partial charge on any atom is -0.497 e. The summed E-state index contributed by atoms with van der Waals surface area (Å²) in [5.74, 6) is 0.546. The number of aryl methyl sites for hydroxylation is 1. The number of nitrogens with one attached hydrogen (secondary N) is 1. The van der Waals surface area contributed by atoms with Crippen LogP contribution in [0.3, 0.4) is 0 Å². The molecule has 0 spiro atoms. The molecule has 0 bridgehead atoms. The van der Waals surface area contributed by atoms with Crippen LogP contribution >= 0.6 is 11.3 Å². The molecule has 1 aromatic heterocycles. The first kappa shape index (κ1) is 20.8. The first-order valence-corrected chi connectivity index (χ1v) is 9.61. The molecule has 146 valence electrons. The summed E-state index contributed by atoms with van der Waals surface area (Å²) in [6.07, 6.45) is -0.202. The Kier molecular flexibility index (Phi) is 7.24. The number of carbonyl (C=O) groups is 2. The van der Waals surface area contributed by atoms with Gasteiger partial charge in [0.2, 0.25) is 0 Å². The highest BCUT2D eigenvalue weighted by Gasteiger charge is 2.25. The molecule has 6 nitrogen and oxygen atoms in total. The number of benzene rings is 1. The average molecular weight is 391 g/mol. The number of carbonyl (C=O) groups excluding carboxylic acids is 2. The van der Waals surface area contributed by atoms with Crippen LogP contribution in [0.15, 0.2) is 24.3 Å². The smallest absolute Gasteiger partial charge is 0.341 e. The maximum absolute atomic E-state index is 12.7. The number of anilines is 1. The van der Waals surface area contributed by atoms with Gasteiger partial charge in [0.15, 0.2) is 6.10 Å². The molecule has 1 N–H and O–H groups in total. The van der Waals surface area contributed by atoms with E-state index < -0.39 is 12.1 Å². The summed E-state index contributed by atoms with van der Waals surface area (Å²) >= 11 is 1.36. The molecule has 0 saturated heterocycles. The molecular weight excluding hydrogens is 366 g/mol. The van der Waals surface area contributed by atoms with E-state index in [9.17, 15) is 9.59 Å². The van der Waals surface area contributed by atoms with E-state index in [-0.39, 0.29) is 12.5 Å². The van der Waals surface area contributed by atoms with Crippen molar-refractivity contribution in [2.75, 3.05) is 19.0 Å². The van der Waals surface area contributed by atoms with E-state index in [0.29, 0.717) is 28.5 Å². The molecule has 27 heavy (non-hydrogen) atoms.